The van der Waals surface area contributed by atoms with E-state index in [1.807, 2.05) is 28.8 Å². The molecule has 0 amide bonds. The highest BCUT2D eigenvalue weighted by Crippen LogP contribution is 2.26. The normalized spacial score (nSPS) is 11.1. The van der Waals surface area contributed by atoms with Crippen LogP contribution in [-0.2, 0) is 12.3 Å². The molecule has 0 saturated heterocycles. The van der Waals surface area contributed by atoms with Gasteiger partial charge in [0, 0.05) is 24.9 Å². The maximum absolute atomic E-state index is 5.48. The van der Waals surface area contributed by atoms with Crippen LogP contribution in [0.15, 0.2) is 56.9 Å². The second kappa shape index (κ2) is 6.89. The molecule has 8 nitrogen and oxygen atoms in total. The fraction of sp³-hybridized carbons (Fsp3) is 0.188. The minimum absolute atomic E-state index is 0.518. The van der Waals surface area contributed by atoms with E-state index in [9.17, 15) is 0 Å². The number of aryl methyl sites for hydroxylation is 1. The molecule has 126 valence electrons. The van der Waals surface area contributed by atoms with Crippen LogP contribution in [0.1, 0.15) is 17.5 Å². The quantitative estimate of drug-likeness (QED) is 0.488. The minimum atomic E-state index is 0.518. The fourth-order valence-corrected chi connectivity index (χ4v) is 3.10. The zero-order valence-corrected chi connectivity index (χ0v) is 14.2. The summed E-state index contributed by atoms with van der Waals surface area (Å²) in [5.41, 5.74) is 0.891. The summed E-state index contributed by atoms with van der Waals surface area (Å²) in [6, 6.07) is 7.60. The summed E-state index contributed by atoms with van der Waals surface area (Å²) in [5, 5.41) is 17.2. The lowest BCUT2D eigenvalue weighted by atomic mass is 10.2. The molecule has 0 saturated carbocycles. The second-order valence-corrected chi connectivity index (χ2v) is 6.16. The summed E-state index contributed by atoms with van der Waals surface area (Å²) in [6.07, 6.45) is 5.14. The van der Waals surface area contributed by atoms with E-state index in [4.69, 9.17) is 8.83 Å². The zero-order chi connectivity index (χ0) is 17.1. The lowest BCUT2D eigenvalue weighted by Crippen LogP contribution is -2.03. The molecule has 0 bridgehead atoms. The molecule has 25 heavy (non-hydrogen) atoms. The zero-order valence-electron chi connectivity index (χ0n) is 13.4. The predicted molar refractivity (Wildman–Crippen MR) is 89.7 cm³/mol. The van der Waals surface area contributed by atoms with Crippen LogP contribution >= 0.6 is 11.8 Å². The summed E-state index contributed by atoms with van der Waals surface area (Å²) < 4.78 is 12.9. The SMILES string of the molecule is Cc1nnc(CSc2nnc(-c3cccnc3)n2Cc2ccco2)o1. The van der Waals surface area contributed by atoms with Crippen molar-refractivity contribution in [3.8, 4) is 11.4 Å². The van der Waals surface area contributed by atoms with E-state index < -0.39 is 0 Å². The van der Waals surface area contributed by atoms with Crippen LogP contribution in [0.25, 0.3) is 11.4 Å². The molecule has 0 aliphatic rings. The van der Waals surface area contributed by atoms with Crippen molar-refractivity contribution in [3.63, 3.8) is 0 Å². The van der Waals surface area contributed by atoms with E-state index in [1.54, 1.807) is 25.6 Å². The van der Waals surface area contributed by atoms with Gasteiger partial charge in [0.15, 0.2) is 11.0 Å². The Morgan fingerprint density at radius 3 is 2.80 bits per heavy atom. The number of furan rings is 1. The number of nitrogens with zero attached hydrogens (tertiary/aromatic N) is 6. The summed E-state index contributed by atoms with van der Waals surface area (Å²) in [4.78, 5) is 4.16. The van der Waals surface area contributed by atoms with Crippen molar-refractivity contribution in [2.24, 2.45) is 0 Å². The largest absolute Gasteiger partial charge is 0.467 e. The highest BCUT2D eigenvalue weighted by molar-refractivity contribution is 7.98. The third-order valence-electron chi connectivity index (χ3n) is 3.42. The first-order valence-electron chi connectivity index (χ1n) is 7.57. The Morgan fingerprint density at radius 2 is 2.08 bits per heavy atom. The summed E-state index contributed by atoms with van der Waals surface area (Å²) in [5.74, 6) is 3.17. The molecule has 9 heteroatoms. The second-order valence-electron chi connectivity index (χ2n) is 5.22. The van der Waals surface area contributed by atoms with Gasteiger partial charge in [-0.05, 0) is 24.3 Å². The Balaban J connectivity index is 1.64. The van der Waals surface area contributed by atoms with Crippen molar-refractivity contribution in [1.82, 2.24) is 29.9 Å². The van der Waals surface area contributed by atoms with Crippen LogP contribution in [0, 0.1) is 6.92 Å². The summed E-state index contributed by atoms with van der Waals surface area (Å²) in [6.45, 7) is 2.29. The molecule has 0 spiro atoms. The smallest absolute Gasteiger partial charge is 0.226 e. The summed E-state index contributed by atoms with van der Waals surface area (Å²) >= 11 is 1.48. The maximum Gasteiger partial charge on any atom is 0.226 e. The molecule has 4 aromatic rings. The number of hydrogen-bond acceptors (Lipinski definition) is 8. The Labute approximate surface area is 147 Å². The Bertz CT molecular complexity index is 948. The molecule has 0 aliphatic carbocycles. The number of pyridine rings is 1. The minimum Gasteiger partial charge on any atom is -0.467 e. The topological polar surface area (TPSA) is 95.7 Å². The highest BCUT2D eigenvalue weighted by Gasteiger charge is 2.17. The van der Waals surface area contributed by atoms with E-state index in [1.165, 1.54) is 11.8 Å². The lowest BCUT2D eigenvalue weighted by molar-refractivity contribution is 0.482. The Hall–Kier alpha value is -2.94. The maximum atomic E-state index is 5.48. The number of aromatic nitrogens is 6. The third-order valence-corrected chi connectivity index (χ3v) is 4.37. The molecular weight excluding hydrogens is 340 g/mol. The van der Waals surface area contributed by atoms with Gasteiger partial charge in [0.2, 0.25) is 11.8 Å². The van der Waals surface area contributed by atoms with Crippen LogP contribution in [0.3, 0.4) is 0 Å². The summed E-state index contributed by atoms with van der Waals surface area (Å²) in [7, 11) is 0. The average Bonchev–Trinajstić information content (AvgIpc) is 3.36. The molecular formula is C16H14N6O2S. The molecule has 0 aromatic carbocycles. The first kappa shape index (κ1) is 15.6. The molecule has 0 aliphatic heterocycles. The molecule has 0 radical (unpaired) electrons. The first-order valence-corrected chi connectivity index (χ1v) is 8.56. The van der Waals surface area contributed by atoms with E-state index in [-0.39, 0.29) is 0 Å². The standard InChI is InChI=1S/C16H14N6O2S/c1-11-18-19-14(24-11)10-25-16-21-20-15(12-4-2-6-17-8-12)22(16)9-13-5-3-7-23-13/h2-8H,9-10H2,1H3. The number of rotatable bonds is 6. The number of thioether (sulfide) groups is 1. The molecule has 0 atom stereocenters. The van der Waals surface area contributed by atoms with Gasteiger partial charge in [-0.3, -0.25) is 9.55 Å². The van der Waals surface area contributed by atoms with Crippen LogP contribution < -0.4 is 0 Å². The van der Waals surface area contributed by atoms with Crippen LogP contribution in [0.5, 0.6) is 0 Å². The van der Waals surface area contributed by atoms with Gasteiger partial charge >= 0.3 is 0 Å². The van der Waals surface area contributed by atoms with Crippen molar-refractivity contribution < 1.29 is 8.83 Å². The molecule has 0 fully saturated rings. The van der Waals surface area contributed by atoms with E-state index in [0.717, 1.165) is 22.3 Å². The van der Waals surface area contributed by atoms with Gasteiger partial charge < -0.3 is 8.83 Å². The van der Waals surface area contributed by atoms with Crippen molar-refractivity contribution in [3.05, 3.63) is 60.5 Å². The lowest BCUT2D eigenvalue weighted by Gasteiger charge is -2.08. The van der Waals surface area contributed by atoms with Gasteiger partial charge in [-0.15, -0.1) is 20.4 Å². The molecule has 4 heterocycles. The predicted octanol–water partition coefficient (Wildman–Crippen LogP) is 2.97. The molecule has 0 unspecified atom stereocenters. The molecule has 4 aromatic heterocycles. The first-order chi connectivity index (χ1) is 12.3. The fourth-order valence-electron chi connectivity index (χ4n) is 2.33. The van der Waals surface area contributed by atoms with Crippen LogP contribution in [0.2, 0.25) is 0 Å². The van der Waals surface area contributed by atoms with Crippen LogP contribution in [0.4, 0.5) is 0 Å². The van der Waals surface area contributed by atoms with Crippen LogP contribution in [-0.4, -0.2) is 29.9 Å². The van der Waals surface area contributed by atoms with Gasteiger partial charge in [-0.25, -0.2) is 0 Å². The highest BCUT2D eigenvalue weighted by atomic mass is 32.2. The number of hydrogen-bond donors (Lipinski definition) is 0. The van der Waals surface area contributed by atoms with Gasteiger partial charge in [0.05, 0.1) is 18.6 Å². The van der Waals surface area contributed by atoms with Crippen molar-refractivity contribution in [2.45, 2.75) is 24.4 Å². The molecule has 4 rings (SSSR count). The van der Waals surface area contributed by atoms with Crippen molar-refractivity contribution in [1.29, 1.82) is 0 Å². The van der Waals surface area contributed by atoms with Crippen molar-refractivity contribution in [2.75, 3.05) is 0 Å². The van der Waals surface area contributed by atoms with E-state index >= 15 is 0 Å². The van der Waals surface area contributed by atoms with Gasteiger partial charge in [-0.2, -0.15) is 0 Å². The Kier molecular flexibility index (Phi) is 4.30. The Morgan fingerprint density at radius 1 is 1.12 bits per heavy atom. The average molecular weight is 354 g/mol. The van der Waals surface area contributed by atoms with E-state index in [2.05, 4.69) is 25.4 Å². The van der Waals surface area contributed by atoms with E-state index in [0.29, 0.717) is 24.1 Å². The molecule has 0 N–H and O–H groups in total. The van der Waals surface area contributed by atoms with Gasteiger partial charge in [0.25, 0.3) is 0 Å². The van der Waals surface area contributed by atoms with Gasteiger partial charge in [0.1, 0.15) is 5.76 Å². The monoisotopic (exact) mass is 354 g/mol. The van der Waals surface area contributed by atoms with Crippen molar-refractivity contribution >= 4 is 11.8 Å². The van der Waals surface area contributed by atoms with Gasteiger partial charge in [-0.1, -0.05) is 11.8 Å². The third kappa shape index (κ3) is 3.45.